The Morgan fingerprint density at radius 3 is 2.82 bits per heavy atom. The first-order valence-corrected chi connectivity index (χ1v) is 11.5. The maximum absolute atomic E-state index is 12.4. The predicted octanol–water partition coefficient (Wildman–Crippen LogP) is 4.29. The largest absolute Gasteiger partial charge is 0.361 e. The smallest absolute Gasteiger partial charge is 0.123 e. The van der Waals surface area contributed by atoms with Gasteiger partial charge in [0.1, 0.15) is 19.1 Å². The molecule has 0 atom stereocenters. The van der Waals surface area contributed by atoms with Crippen molar-refractivity contribution in [3.05, 3.63) is 29.5 Å². The lowest BCUT2D eigenvalue weighted by Crippen LogP contribution is -2.22. The van der Waals surface area contributed by atoms with E-state index in [0.29, 0.717) is 11.8 Å². The molecule has 0 spiro atoms. The van der Waals surface area contributed by atoms with Crippen LogP contribution in [0.15, 0.2) is 24.5 Å². The Labute approximate surface area is 136 Å². The highest BCUT2D eigenvalue weighted by Gasteiger charge is 2.13. The second-order valence-corrected chi connectivity index (χ2v) is 12.6. The number of ether oxygens (including phenoxy) is 1. The van der Waals surface area contributed by atoms with Gasteiger partial charge >= 0.3 is 0 Å². The van der Waals surface area contributed by atoms with Gasteiger partial charge in [-0.1, -0.05) is 31.2 Å². The molecule has 0 aliphatic rings. The Kier molecular flexibility index (Phi) is 5.83. The highest BCUT2D eigenvalue weighted by Crippen LogP contribution is 2.24. The summed E-state index contributed by atoms with van der Waals surface area (Å²) >= 11 is 6.10. The van der Waals surface area contributed by atoms with E-state index in [4.69, 9.17) is 16.3 Å². The lowest BCUT2D eigenvalue weighted by Gasteiger charge is -2.16. The van der Waals surface area contributed by atoms with Gasteiger partial charge < -0.3 is 9.30 Å². The van der Waals surface area contributed by atoms with Crippen molar-refractivity contribution >= 4 is 19.7 Å². The summed E-state index contributed by atoms with van der Waals surface area (Å²) in [6, 6.07) is 4.84. The maximum atomic E-state index is 12.4. The van der Waals surface area contributed by atoms with Gasteiger partial charge in [-0.05, 0) is 18.2 Å². The lowest BCUT2D eigenvalue weighted by atomic mass is 10.3. The number of aromatic nitrogens is 3. The number of alkyl halides is 1. The second-order valence-electron chi connectivity index (χ2n) is 6.51. The van der Waals surface area contributed by atoms with E-state index in [9.17, 15) is 4.39 Å². The SMILES string of the molecule is C[Si](C)(C)CCOCn1cc(Cl)cc1-c1ccn(CCF)n1. The van der Waals surface area contributed by atoms with Crippen LogP contribution < -0.4 is 0 Å². The molecule has 122 valence electrons. The van der Waals surface area contributed by atoms with E-state index in [1.54, 1.807) is 10.9 Å². The van der Waals surface area contributed by atoms with Crippen LogP contribution in [-0.2, 0) is 18.0 Å². The molecule has 0 bridgehead atoms. The number of halogens is 2. The first kappa shape index (κ1) is 17.2. The fraction of sp³-hybridized carbons (Fsp3) is 0.533. The van der Waals surface area contributed by atoms with Gasteiger partial charge in [0.05, 0.1) is 17.3 Å². The Balaban J connectivity index is 2.03. The van der Waals surface area contributed by atoms with Crippen molar-refractivity contribution in [2.45, 2.75) is 39.0 Å². The van der Waals surface area contributed by atoms with E-state index < -0.39 is 14.7 Å². The molecular formula is C15H23ClFN3OSi. The van der Waals surface area contributed by atoms with Crippen molar-refractivity contribution in [2.75, 3.05) is 13.3 Å². The standard InChI is InChI=1S/C15H23ClFN3OSi/c1-22(2,3)9-8-21-12-19-11-13(16)10-15(19)14-4-6-20(18-14)7-5-17/h4,6,10-11H,5,7-9,12H2,1-3H3. The third-order valence-corrected chi connectivity index (χ3v) is 5.22. The Hall–Kier alpha value is -1.11. The quantitative estimate of drug-likeness (QED) is 0.529. The molecule has 0 aliphatic heterocycles. The van der Waals surface area contributed by atoms with Gasteiger partial charge in [0.2, 0.25) is 0 Å². The summed E-state index contributed by atoms with van der Waals surface area (Å²) in [6.45, 7) is 8.01. The van der Waals surface area contributed by atoms with Gasteiger partial charge in [-0.2, -0.15) is 5.10 Å². The van der Waals surface area contributed by atoms with Gasteiger partial charge in [0.15, 0.2) is 0 Å². The van der Waals surface area contributed by atoms with Gasteiger partial charge in [-0.15, -0.1) is 0 Å². The molecule has 7 heteroatoms. The van der Waals surface area contributed by atoms with Gasteiger partial charge in [-0.3, -0.25) is 4.68 Å². The molecule has 22 heavy (non-hydrogen) atoms. The zero-order valence-corrected chi connectivity index (χ0v) is 15.1. The first-order valence-electron chi connectivity index (χ1n) is 7.42. The number of hydrogen-bond donors (Lipinski definition) is 0. The number of hydrogen-bond acceptors (Lipinski definition) is 2. The van der Waals surface area contributed by atoms with Crippen LogP contribution in [0.1, 0.15) is 0 Å². The molecule has 0 unspecified atom stereocenters. The maximum Gasteiger partial charge on any atom is 0.123 e. The van der Waals surface area contributed by atoms with E-state index in [0.717, 1.165) is 24.0 Å². The minimum Gasteiger partial charge on any atom is -0.361 e. The average molecular weight is 344 g/mol. The molecule has 0 radical (unpaired) electrons. The van der Waals surface area contributed by atoms with Crippen molar-refractivity contribution in [2.24, 2.45) is 0 Å². The Morgan fingerprint density at radius 2 is 2.14 bits per heavy atom. The zero-order chi connectivity index (χ0) is 16.2. The minimum absolute atomic E-state index is 0.265. The topological polar surface area (TPSA) is 32.0 Å². The summed E-state index contributed by atoms with van der Waals surface area (Å²) in [4.78, 5) is 0. The Bertz CT molecular complexity index is 606. The zero-order valence-electron chi connectivity index (χ0n) is 13.4. The number of nitrogens with zero attached hydrogens (tertiary/aromatic N) is 3. The summed E-state index contributed by atoms with van der Waals surface area (Å²) in [5, 5.41) is 5.00. The lowest BCUT2D eigenvalue weighted by molar-refractivity contribution is 0.0885. The third-order valence-electron chi connectivity index (χ3n) is 3.31. The predicted molar refractivity (Wildman–Crippen MR) is 90.7 cm³/mol. The number of aryl methyl sites for hydroxylation is 1. The van der Waals surface area contributed by atoms with Crippen LogP contribution in [0.5, 0.6) is 0 Å². The van der Waals surface area contributed by atoms with Gasteiger partial charge in [0.25, 0.3) is 0 Å². The van der Waals surface area contributed by atoms with Crippen molar-refractivity contribution in [1.29, 1.82) is 0 Å². The fourth-order valence-electron chi connectivity index (χ4n) is 2.05. The molecule has 2 aromatic rings. The summed E-state index contributed by atoms with van der Waals surface area (Å²) < 4.78 is 21.7. The molecule has 0 saturated carbocycles. The van der Waals surface area contributed by atoms with E-state index in [-0.39, 0.29) is 6.54 Å². The van der Waals surface area contributed by atoms with Crippen molar-refractivity contribution in [3.63, 3.8) is 0 Å². The third kappa shape index (κ3) is 4.96. The van der Waals surface area contributed by atoms with E-state index in [1.165, 1.54) is 0 Å². The Morgan fingerprint density at radius 1 is 1.36 bits per heavy atom. The second kappa shape index (κ2) is 7.44. The average Bonchev–Trinajstić information content (AvgIpc) is 3.01. The molecule has 0 N–H and O–H groups in total. The summed E-state index contributed by atoms with van der Waals surface area (Å²) in [6.07, 6.45) is 3.60. The summed E-state index contributed by atoms with van der Waals surface area (Å²) in [5.41, 5.74) is 1.66. The fourth-order valence-corrected chi connectivity index (χ4v) is 3.03. The minimum atomic E-state index is -1.09. The van der Waals surface area contributed by atoms with Gasteiger partial charge in [-0.25, -0.2) is 4.39 Å². The molecule has 0 saturated heterocycles. The van der Waals surface area contributed by atoms with Gasteiger partial charge in [0, 0.05) is 27.1 Å². The normalized spacial score (nSPS) is 12.0. The van der Waals surface area contributed by atoms with E-state index in [2.05, 4.69) is 24.7 Å². The number of rotatable bonds is 8. The molecule has 2 rings (SSSR count). The molecule has 2 aromatic heterocycles. The molecule has 4 nitrogen and oxygen atoms in total. The van der Waals surface area contributed by atoms with Crippen LogP contribution in [0.2, 0.25) is 30.7 Å². The summed E-state index contributed by atoms with van der Waals surface area (Å²) in [7, 11) is -1.09. The molecule has 0 amide bonds. The van der Waals surface area contributed by atoms with Crippen LogP contribution in [-0.4, -0.2) is 35.7 Å². The van der Waals surface area contributed by atoms with Crippen molar-refractivity contribution < 1.29 is 9.13 Å². The monoisotopic (exact) mass is 343 g/mol. The van der Waals surface area contributed by atoms with Crippen LogP contribution >= 0.6 is 11.6 Å². The summed E-state index contributed by atoms with van der Waals surface area (Å²) in [5.74, 6) is 0. The molecule has 2 heterocycles. The van der Waals surface area contributed by atoms with Crippen LogP contribution in [0, 0.1) is 0 Å². The highest BCUT2D eigenvalue weighted by atomic mass is 35.5. The van der Waals surface area contributed by atoms with Crippen molar-refractivity contribution in [1.82, 2.24) is 14.3 Å². The van der Waals surface area contributed by atoms with Crippen molar-refractivity contribution in [3.8, 4) is 11.4 Å². The molecular weight excluding hydrogens is 321 g/mol. The molecule has 0 aromatic carbocycles. The molecule has 0 aliphatic carbocycles. The van der Waals surface area contributed by atoms with E-state index >= 15 is 0 Å². The van der Waals surface area contributed by atoms with Crippen LogP contribution in [0.4, 0.5) is 4.39 Å². The highest BCUT2D eigenvalue weighted by molar-refractivity contribution is 6.76. The van der Waals surface area contributed by atoms with Crippen LogP contribution in [0.3, 0.4) is 0 Å². The van der Waals surface area contributed by atoms with E-state index in [1.807, 2.05) is 22.9 Å². The molecule has 0 fully saturated rings. The first-order chi connectivity index (χ1) is 10.4. The van der Waals surface area contributed by atoms with Crippen LogP contribution in [0.25, 0.3) is 11.4 Å².